The first kappa shape index (κ1) is 20.5. The molecule has 0 spiro atoms. The summed E-state index contributed by atoms with van der Waals surface area (Å²) in [5, 5.41) is 12.4. The Morgan fingerprint density at radius 3 is 2.59 bits per heavy atom. The standard InChI is InChI=1S/C23H25FN4O/c1-22(2,3)12-19(29)27-21-20(28-13-17(24)9-10-18(28)26-21)15-7-6-8-16(11-15)23(4,5)14-25/h6-11,13H,12H2,1-5H3,(H,27,29). The highest BCUT2D eigenvalue weighted by Gasteiger charge is 2.23. The quantitative estimate of drug-likeness (QED) is 0.653. The van der Waals surface area contributed by atoms with Crippen LogP contribution in [0, 0.1) is 22.6 Å². The first-order chi connectivity index (χ1) is 13.5. The van der Waals surface area contributed by atoms with Crippen molar-refractivity contribution in [3.8, 4) is 17.3 Å². The molecule has 2 aromatic heterocycles. The van der Waals surface area contributed by atoms with Crippen LogP contribution in [-0.4, -0.2) is 15.3 Å². The Labute approximate surface area is 170 Å². The van der Waals surface area contributed by atoms with Crippen LogP contribution in [0.5, 0.6) is 0 Å². The molecule has 1 amide bonds. The molecule has 1 aromatic carbocycles. The Bertz CT molecular complexity index is 1120. The van der Waals surface area contributed by atoms with Crippen LogP contribution in [0.15, 0.2) is 42.6 Å². The van der Waals surface area contributed by atoms with Gasteiger partial charge in [0.05, 0.1) is 17.2 Å². The van der Waals surface area contributed by atoms with Gasteiger partial charge in [0.15, 0.2) is 5.82 Å². The molecule has 5 nitrogen and oxygen atoms in total. The molecule has 0 aliphatic carbocycles. The number of amides is 1. The molecule has 3 aromatic rings. The smallest absolute Gasteiger partial charge is 0.226 e. The molecule has 0 saturated heterocycles. The number of hydrogen-bond acceptors (Lipinski definition) is 3. The summed E-state index contributed by atoms with van der Waals surface area (Å²) >= 11 is 0. The summed E-state index contributed by atoms with van der Waals surface area (Å²) in [4.78, 5) is 17.1. The van der Waals surface area contributed by atoms with Gasteiger partial charge in [-0.15, -0.1) is 0 Å². The molecule has 3 rings (SSSR count). The third kappa shape index (κ3) is 4.45. The lowest BCUT2D eigenvalue weighted by molar-refractivity contribution is -0.117. The molecule has 2 heterocycles. The number of carbonyl (C=O) groups is 1. The van der Waals surface area contributed by atoms with E-state index in [0.717, 1.165) is 11.1 Å². The average molecular weight is 392 g/mol. The zero-order valence-corrected chi connectivity index (χ0v) is 17.4. The number of carbonyl (C=O) groups excluding carboxylic acids is 1. The van der Waals surface area contributed by atoms with Crippen LogP contribution in [-0.2, 0) is 10.2 Å². The number of benzene rings is 1. The number of hydrogen-bond donors (Lipinski definition) is 1. The maximum absolute atomic E-state index is 14.0. The Balaban J connectivity index is 2.16. The van der Waals surface area contributed by atoms with E-state index in [1.54, 1.807) is 10.5 Å². The van der Waals surface area contributed by atoms with Gasteiger partial charge in [0.1, 0.15) is 11.5 Å². The molecule has 0 saturated carbocycles. The molecular weight excluding hydrogens is 367 g/mol. The minimum atomic E-state index is -0.683. The molecule has 0 aliphatic rings. The number of pyridine rings is 1. The largest absolute Gasteiger partial charge is 0.309 e. The van der Waals surface area contributed by atoms with Crippen molar-refractivity contribution in [2.24, 2.45) is 5.41 Å². The van der Waals surface area contributed by atoms with Gasteiger partial charge < -0.3 is 5.32 Å². The van der Waals surface area contributed by atoms with Crippen molar-refractivity contribution in [2.75, 3.05) is 5.32 Å². The lowest BCUT2D eigenvalue weighted by Gasteiger charge is -2.18. The highest BCUT2D eigenvalue weighted by atomic mass is 19.1. The fourth-order valence-corrected chi connectivity index (χ4v) is 3.16. The van der Waals surface area contributed by atoms with E-state index in [9.17, 15) is 14.4 Å². The van der Waals surface area contributed by atoms with Crippen LogP contribution in [0.4, 0.5) is 10.2 Å². The SMILES string of the molecule is CC(C)(C)CC(=O)Nc1nc2ccc(F)cn2c1-c1cccc(C(C)(C)C#N)c1. The number of nitriles is 1. The van der Waals surface area contributed by atoms with E-state index >= 15 is 0 Å². The van der Waals surface area contributed by atoms with Gasteiger partial charge in [-0.05, 0) is 43.0 Å². The Kier molecular flexibility index (Phi) is 5.18. The van der Waals surface area contributed by atoms with Crippen LogP contribution in [0.2, 0.25) is 0 Å². The summed E-state index contributed by atoms with van der Waals surface area (Å²) in [6, 6.07) is 12.7. The van der Waals surface area contributed by atoms with Crippen LogP contribution in [0.1, 0.15) is 46.6 Å². The zero-order valence-electron chi connectivity index (χ0n) is 17.4. The summed E-state index contributed by atoms with van der Waals surface area (Å²) < 4.78 is 15.6. The Morgan fingerprint density at radius 1 is 1.21 bits per heavy atom. The van der Waals surface area contributed by atoms with E-state index in [2.05, 4.69) is 16.4 Å². The monoisotopic (exact) mass is 392 g/mol. The second-order valence-corrected chi connectivity index (χ2v) is 8.99. The van der Waals surface area contributed by atoms with Gasteiger partial charge in [-0.3, -0.25) is 9.20 Å². The van der Waals surface area contributed by atoms with Gasteiger partial charge in [0.25, 0.3) is 0 Å². The first-order valence-corrected chi connectivity index (χ1v) is 9.50. The van der Waals surface area contributed by atoms with Gasteiger partial charge in [-0.2, -0.15) is 5.26 Å². The van der Waals surface area contributed by atoms with Crippen LogP contribution < -0.4 is 5.32 Å². The van der Waals surface area contributed by atoms with E-state index < -0.39 is 11.2 Å². The number of rotatable bonds is 4. The lowest BCUT2D eigenvalue weighted by Crippen LogP contribution is -2.20. The summed E-state index contributed by atoms with van der Waals surface area (Å²) in [7, 11) is 0. The predicted octanol–water partition coefficient (Wildman–Crippen LogP) is 5.32. The van der Waals surface area contributed by atoms with E-state index in [-0.39, 0.29) is 11.3 Å². The molecular formula is C23H25FN4O. The normalized spacial score (nSPS) is 12.0. The van der Waals surface area contributed by atoms with Crippen molar-refractivity contribution >= 4 is 17.4 Å². The molecule has 6 heteroatoms. The first-order valence-electron chi connectivity index (χ1n) is 9.50. The molecule has 0 aliphatic heterocycles. The number of nitrogens with one attached hydrogen (secondary N) is 1. The van der Waals surface area contributed by atoms with E-state index in [1.807, 2.05) is 58.9 Å². The zero-order chi connectivity index (χ0) is 21.4. The van der Waals surface area contributed by atoms with Gasteiger partial charge in [-0.1, -0.05) is 39.0 Å². The van der Waals surface area contributed by atoms with Crippen LogP contribution in [0.3, 0.4) is 0 Å². The second kappa shape index (κ2) is 7.32. The highest BCUT2D eigenvalue weighted by molar-refractivity contribution is 5.94. The maximum Gasteiger partial charge on any atom is 0.226 e. The second-order valence-electron chi connectivity index (χ2n) is 8.99. The van der Waals surface area contributed by atoms with E-state index in [4.69, 9.17) is 0 Å². The Hall–Kier alpha value is -3.20. The summed E-state index contributed by atoms with van der Waals surface area (Å²) in [5.41, 5.74) is 1.82. The van der Waals surface area contributed by atoms with E-state index in [0.29, 0.717) is 23.6 Å². The van der Waals surface area contributed by atoms with Crippen LogP contribution in [0.25, 0.3) is 16.9 Å². The van der Waals surface area contributed by atoms with Crippen molar-refractivity contribution in [2.45, 2.75) is 46.5 Å². The predicted molar refractivity (Wildman–Crippen MR) is 112 cm³/mol. The third-order valence-electron chi connectivity index (χ3n) is 4.67. The van der Waals surface area contributed by atoms with Gasteiger partial charge in [0, 0.05) is 18.2 Å². The van der Waals surface area contributed by atoms with Crippen LogP contribution >= 0.6 is 0 Å². The molecule has 0 fully saturated rings. The molecule has 0 radical (unpaired) electrons. The van der Waals surface area contributed by atoms with Crippen molar-refractivity contribution < 1.29 is 9.18 Å². The fourth-order valence-electron chi connectivity index (χ4n) is 3.16. The number of imidazole rings is 1. The number of aromatic nitrogens is 2. The number of fused-ring (bicyclic) bond motifs is 1. The number of halogens is 1. The molecule has 150 valence electrons. The van der Waals surface area contributed by atoms with E-state index in [1.165, 1.54) is 12.3 Å². The highest BCUT2D eigenvalue weighted by Crippen LogP contribution is 2.33. The van der Waals surface area contributed by atoms with Crippen molar-refractivity contribution in [1.82, 2.24) is 9.38 Å². The van der Waals surface area contributed by atoms with Crippen molar-refractivity contribution in [1.29, 1.82) is 5.26 Å². The molecule has 1 N–H and O–H groups in total. The lowest BCUT2D eigenvalue weighted by atomic mass is 9.85. The van der Waals surface area contributed by atoms with Gasteiger partial charge in [-0.25, -0.2) is 9.37 Å². The molecule has 0 atom stereocenters. The number of nitrogens with zero attached hydrogens (tertiary/aromatic N) is 3. The number of anilines is 1. The molecule has 0 unspecified atom stereocenters. The summed E-state index contributed by atoms with van der Waals surface area (Å²) in [6.07, 6.45) is 1.68. The minimum absolute atomic E-state index is 0.156. The summed E-state index contributed by atoms with van der Waals surface area (Å²) in [5.74, 6) is -0.190. The van der Waals surface area contributed by atoms with Gasteiger partial charge >= 0.3 is 0 Å². The maximum atomic E-state index is 14.0. The molecule has 29 heavy (non-hydrogen) atoms. The van der Waals surface area contributed by atoms with Crippen molar-refractivity contribution in [3.63, 3.8) is 0 Å². The molecule has 0 bridgehead atoms. The summed E-state index contributed by atoms with van der Waals surface area (Å²) in [6.45, 7) is 9.64. The fraction of sp³-hybridized carbons (Fsp3) is 0.348. The topological polar surface area (TPSA) is 70.2 Å². The van der Waals surface area contributed by atoms with Gasteiger partial charge in [0.2, 0.25) is 5.91 Å². The van der Waals surface area contributed by atoms with Crippen molar-refractivity contribution in [3.05, 3.63) is 54.0 Å². The Morgan fingerprint density at radius 2 is 1.93 bits per heavy atom. The minimum Gasteiger partial charge on any atom is -0.309 e. The third-order valence-corrected chi connectivity index (χ3v) is 4.67. The average Bonchev–Trinajstić information content (AvgIpc) is 2.97.